The van der Waals surface area contributed by atoms with Gasteiger partial charge in [0.15, 0.2) is 0 Å². The lowest BCUT2D eigenvalue weighted by Crippen LogP contribution is -2.52. The van der Waals surface area contributed by atoms with Crippen LogP contribution in [0.5, 0.6) is 0 Å². The SMILES string of the molecule is CC1CC[C@@H](O)C2C(O)C(O)CN12. The van der Waals surface area contributed by atoms with Crippen molar-refractivity contribution in [2.45, 2.75) is 50.2 Å². The van der Waals surface area contributed by atoms with Crippen LogP contribution in [0.3, 0.4) is 0 Å². The average Bonchev–Trinajstić information content (AvgIpc) is 2.38. The summed E-state index contributed by atoms with van der Waals surface area (Å²) in [6, 6.07) is 0.110. The van der Waals surface area contributed by atoms with Crippen molar-refractivity contribution in [3.8, 4) is 0 Å². The largest absolute Gasteiger partial charge is 0.391 e. The lowest BCUT2D eigenvalue weighted by atomic mass is 9.93. The molecule has 0 aromatic carbocycles. The number of aliphatic hydroxyl groups is 3. The number of hydrogen-bond donors (Lipinski definition) is 3. The summed E-state index contributed by atoms with van der Waals surface area (Å²) < 4.78 is 0. The first-order valence-electron chi connectivity index (χ1n) is 4.91. The fourth-order valence-corrected chi connectivity index (χ4v) is 2.54. The lowest BCUT2D eigenvalue weighted by Gasteiger charge is -2.39. The third-order valence-electron chi connectivity index (χ3n) is 3.37. The Balaban J connectivity index is 2.17. The standard InChI is InChI=1S/C9H17NO3/c1-5-2-3-6(11)8-9(13)7(12)4-10(5)8/h5-9,11-13H,2-4H2,1H3/t5?,6-,7?,8?,9?/m1/s1. The average molecular weight is 187 g/mol. The maximum Gasteiger partial charge on any atom is 0.0991 e. The third-order valence-corrected chi connectivity index (χ3v) is 3.37. The van der Waals surface area contributed by atoms with Crippen molar-refractivity contribution in [2.24, 2.45) is 0 Å². The maximum absolute atomic E-state index is 9.67. The van der Waals surface area contributed by atoms with Crippen LogP contribution in [-0.2, 0) is 0 Å². The van der Waals surface area contributed by atoms with Gasteiger partial charge in [0.25, 0.3) is 0 Å². The fraction of sp³-hybridized carbons (Fsp3) is 1.00. The molecule has 0 saturated carbocycles. The van der Waals surface area contributed by atoms with Crippen LogP contribution in [0.1, 0.15) is 19.8 Å². The van der Waals surface area contributed by atoms with Crippen LogP contribution in [0.2, 0.25) is 0 Å². The van der Waals surface area contributed by atoms with Gasteiger partial charge in [-0.15, -0.1) is 0 Å². The van der Waals surface area contributed by atoms with Gasteiger partial charge in [0.2, 0.25) is 0 Å². The van der Waals surface area contributed by atoms with E-state index in [2.05, 4.69) is 6.92 Å². The number of fused-ring (bicyclic) bond motifs is 1. The smallest absolute Gasteiger partial charge is 0.0991 e. The van der Waals surface area contributed by atoms with Crippen molar-refractivity contribution in [1.82, 2.24) is 4.90 Å². The highest BCUT2D eigenvalue weighted by atomic mass is 16.3. The normalized spacial score (nSPS) is 52.2. The van der Waals surface area contributed by atoms with E-state index in [4.69, 9.17) is 0 Å². The van der Waals surface area contributed by atoms with Crippen molar-refractivity contribution >= 4 is 0 Å². The number of nitrogens with zero attached hydrogens (tertiary/aromatic N) is 1. The Hall–Kier alpha value is -0.160. The Kier molecular flexibility index (Phi) is 2.32. The molecule has 5 atom stereocenters. The van der Waals surface area contributed by atoms with E-state index in [0.29, 0.717) is 12.6 Å². The van der Waals surface area contributed by atoms with E-state index in [9.17, 15) is 15.3 Å². The molecule has 4 unspecified atom stereocenters. The minimum atomic E-state index is -0.780. The van der Waals surface area contributed by atoms with E-state index < -0.39 is 18.3 Å². The summed E-state index contributed by atoms with van der Waals surface area (Å²) in [7, 11) is 0. The predicted octanol–water partition coefficient (Wildman–Crippen LogP) is -1.06. The molecule has 0 aromatic rings. The molecule has 13 heavy (non-hydrogen) atoms. The molecular formula is C9H17NO3. The minimum Gasteiger partial charge on any atom is -0.391 e. The zero-order chi connectivity index (χ0) is 9.59. The quantitative estimate of drug-likeness (QED) is 0.452. The molecule has 4 heteroatoms. The second kappa shape index (κ2) is 3.20. The van der Waals surface area contributed by atoms with Gasteiger partial charge in [-0.2, -0.15) is 0 Å². The second-order valence-electron chi connectivity index (χ2n) is 4.24. The van der Waals surface area contributed by atoms with Crippen LogP contribution in [0.15, 0.2) is 0 Å². The molecule has 0 radical (unpaired) electrons. The van der Waals surface area contributed by atoms with Gasteiger partial charge >= 0.3 is 0 Å². The summed E-state index contributed by atoms with van der Waals surface area (Å²) in [4.78, 5) is 2.02. The van der Waals surface area contributed by atoms with E-state index >= 15 is 0 Å². The molecule has 0 bridgehead atoms. The molecule has 0 amide bonds. The maximum atomic E-state index is 9.67. The minimum absolute atomic E-state index is 0.251. The van der Waals surface area contributed by atoms with Gasteiger partial charge in [-0.25, -0.2) is 0 Å². The Morgan fingerprint density at radius 3 is 2.38 bits per heavy atom. The van der Waals surface area contributed by atoms with E-state index in [1.165, 1.54) is 0 Å². The van der Waals surface area contributed by atoms with E-state index in [1.54, 1.807) is 0 Å². The molecule has 2 aliphatic rings. The van der Waals surface area contributed by atoms with Gasteiger partial charge in [-0.05, 0) is 19.8 Å². The molecule has 2 fully saturated rings. The van der Waals surface area contributed by atoms with Gasteiger partial charge in [-0.3, -0.25) is 4.90 Å². The monoisotopic (exact) mass is 187 g/mol. The first-order chi connectivity index (χ1) is 6.11. The Morgan fingerprint density at radius 1 is 1.08 bits per heavy atom. The number of hydrogen-bond acceptors (Lipinski definition) is 4. The van der Waals surface area contributed by atoms with Crippen LogP contribution >= 0.6 is 0 Å². The molecule has 2 rings (SSSR count). The number of piperidine rings is 1. The molecule has 2 heterocycles. The first kappa shape index (κ1) is 9.40. The second-order valence-corrected chi connectivity index (χ2v) is 4.24. The molecule has 0 spiro atoms. The van der Waals surface area contributed by atoms with Gasteiger partial charge in [0, 0.05) is 12.6 Å². The summed E-state index contributed by atoms with van der Waals surface area (Å²) in [5.41, 5.74) is 0. The summed E-state index contributed by atoms with van der Waals surface area (Å²) in [6.45, 7) is 2.56. The molecular weight excluding hydrogens is 170 g/mol. The number of aliphatic hydroxyl groups excluding tert-OH is 3. The fourth-order valence-electron chi connectivity index (χ4n) is 2.54. The summed E-state index contributed by atoms with van der Waals surface area (Å²) in [5.74, 6) is 0. The molecule has 2 saturated heterocycles. The molecule has 0 aromatic heterocycles. The van der Waals surface area contributed by atoms with E-state index in [0.717, 1.165) is 12.8 Å². The predicted molar refractivity (Wildman–Crippen MR) is 47.2 cm³/mol. The molecule has 2 aliphatic heterocycles. The highest BCUT2D eigenvalue weighted by Gasteiger charge is 2.47. The zero-order valence-electron chi connectivity index (χ0n) is 7.80. The highest BCUT2D eigenvalue weighted by Crippen LogP contribution is 2.31. The van der Waals surface area contributed by atoms with Gasteiger partial charge in [0.05, 0.1) is 24.4 Å². The lowest BCUT2D eigenvalue weighted by molar-refractivity contribution is -0.0422. The molecule has 4 nitrogen and oxygen atoms in total. The molecule has 0 aliphatic carbocycles. The van der Waals surface area contributed by atoms with Crippen LogP contribution < -0.4 is 0 Å². The molecule has 76 valence electrons. The van der Waals surface area contributed by atoms with Crippen LogP contribution in [0.4, 0.5) is 0 Å². The Morgan fingerprint density at radius 2 is 1.77 bits per heavy atom. The third kappa shape index (κ3) is 1.38. The van der Waals surface area contributed by atoms with Crippen molar-refractivity contribution in [3.63, 3.8) is 0 Å². The van der Waals surface area contributed by atoms with Crippen molar-refractivity contribution in [1.29, 1.82) is 0 Å². The van der Waals surface area contributed by atoms with E-state index in [-0.39, 0.29) is 6.04 Å². The summed E-state index contributed by atoms with van der Waals surface area (Å²) in [6.07, 6.45) is -0.287. The van der Waals surface area contributed by atoms with Crippen LogP contribution in [0, 0.1) is 0 Å². The first-order valence-corrected chi connectivity index (χ1v) is 4.91. The zero-order valence-corrected chi connectivity index (χ0v) is 7.80. The van der Waals surface area contributed by atoms with Crippen LogP contribution in [-0.4, -0.2) is 57.2 Å². The van der Waals surface area contributed by atoms with E-state index in [1.807, 2.05) is 4.90 Å². The molecule has 3 N–H and O–H groups in total. The topological polar surface area (TPSA) is 63.9 Å². The van der Waals surface area contributed by atoms with Crippen molar-refractivity contribution in [3.05, 3.63) is 0 Å². The van der Waals surface area contributed by atoms with Gasteiger partial charge in [-0.1, -0.05) is 0 Å². The Labute approximate surface area is 77.8 Å². The van der Waals surface area contributed by atoms with Gasteiger partial charge in [0.1, 0.15) is 0 Å². The summed E-state index contributed by atoms with van der Waals surface area (Å²) >= 11 is 0. The van der Waals surface area contributed by atoms with Crippen LogP contribution in [0.25, 0.3) is 0 Å². The van der Waals surface area contributed by atoms with Gasteiger partial charge < -0.3 is 15.3 Å². The van der Waals surface area contributed by atoms with Crippen molar-refractivity contribution < 1.29 is 15.3 Å². The van der Waals surface area contributed by atoms with Crippen molar-refractivity contribution in [2.75, 3.05) is 6.54 Å². The Bertz CT molecular complexity index is 199. The summed E-state index contributed by atoms with van der Waals surface area (Å²) in [5, 5.41) is 28.8. The number of rotatable bonds is 0. The highest BCUT2D eigenvalue weighted by molar-refractivity contribution is 5.01.